The molecule has 1 aromatic carbocycles. The van der Waals surface area contributed by atoms with Gasteiger partial charge in [0.1, 0.15) is 5.75 Å². The van der Waals surface area contributed by atoms with E-state index in [1.165, 1.54) is 0 Å². The maximum Gasteiger partial charge on any atom is 0.307 e. The van der Waals surface area contributed by atoms with E-state index in [-0.39, 0.29) is 17.7 Å². The molecule has 0 aromatic heterocycles. The average molecular weight is 329 g/mol. The van der Waals surface area contributed by atoms with Gasteiger partial charge in [0, 0.05) is 6.54 Å². The molecule has 0 saturated heterocycles. The maximum atomic E-state index is 12.6. The number of amides is 1. The van der Waals surface area contributed by atoms with Gasteiger partial charge in [-0.25, -0.2) is 0 Å². The van der Waals surface area contributed by atoms with Crippen LogP contribution in [0.25, 0.3) is 0 Å². The van der Waals surface area contributed by atoms with Crippen molar-refractivity contribution < 1.29 is 19.4 Å². The predicted molar refractivity (Wildman–Crippen MR) is 89.7 cm³/mol. The van der Waals surface area contributed by atoms with Crippen LogP contribution in [-0.2, 0) is 16.0 Å². The summed E-state index contributed by atoms with van der Waals surface area (Å²) in [5.74, 6) is -1.23. The van der Waals surface area contributed by atoms with Crippen molar-refractivity contribution in [2.24, 2.45) is 23.7 Å². The number of rotatable bonds is 6. The van der Waals surface area contributed by atoms with Crippen molar-refractivity contribution in [2.75, 3.05) is 13.7 Å². The SMILES string of the molecule is COc1ccccc1CCNC(=O)[C@@H]1[C@@H](C(=O)O)[C@@H]2C=C[C@@H]1CC2. The standard InChI is InChI=1S/C19H23NO4/c1-24-15-5-3-2-4-12(15)10-11-20-18(21)16-13-6-8-14(9-7-13)17(16)19(22)23/h2-6,8,13-14,16-17H,7,9-11H2,1H3,(H,20,21)(H,22,23)/t13-,14-,16+,17+/m1/s1. The number of carboxylic acids is 1. The topological polar surface area (TPSA) is 75.6 Å². The van der Waals surface area contributed by atoms with E-state index in [9.17, 15) is 14.7 Å². The van der Waals surface area contributed by atoms with Gasteiger partial charge in [-0.1, -0.05) is 30.4 Å². The number of carbonyl (C=O) groups excluding carboxylic acids is 1. The molecule has 2 N–H and O–H groups in total. The minimum atomic E-state index is -0.862. The summed E-state index contributed by atoms with van der Waals surface area (Å²) in [4.78, 5) is 24.2. The Kier molecular flexibility index (Phi) is 4.88. The van der Waals surface area contributed by atoms with Crippen LogP contribution in [-0.4, -0.2) is 30.6 Å². The first-order chi connectivity index (χ1) is 11.6. The largest absolute Gasteiger partial charge is 0.496 e. The van der Waals surface area contributed by atoms with Crippen LogP contribution in [0.3, 0.4) is 0 Å². The number of nitrogens with one attached hydrogen (secondary N) is 1. The molecule has 2 bridgehead atoms. The van der Waals surface area contributed by atoms with E-state index in [2.05, 4.69) is 5.32 Å². The summed E-state index contributed by atoms with van der Waals surface area (Å²) in [6.45, 7) is 0.475. The van der Waals surface area contributed by atoms with E-state index in [4.69, 9.17) is 4.74 Å². The van der Waals surface area contributed by atoms with Crippen molar-refractivity contribution in [3.63, 3.8) is 0 Å². The number of hydrogen-bond donors (Lipinski definition) is 2. The number of aliphatic carboxylic acids is 1. The first kappa shape index (κ1) is 16.6. The number of methoxy groups -OCH3 is 1. The smallest absolute Gasteiger partial charge is 0.307 e. The summed E-state index contributed by atoms with van der Waals surface area (Å²) < 4.78 is 5.31. The van der Waals surface area contributed by atoms with Crippen LogP contribution in [0.2, 0.25) is 0 Å². The fourth-order valence-corrected chi connectivity index (χ4v) is 4.04. The molecule has 4 atom stereocenters. The number of para-hydroxylation sites is 1. The van der Waals surface area contributed by atoms with E-state index >= 15 is 0 Å². The van der Waals surface area contributed by atoms with Crippen molar-refractivity contribution in [1.82, 2.24) is 5.32 Å². The second-order valence-corrected chi connectivity index (χ2v) is 6.53. The van der Waals surface area contributed by atoms with Gasteiger partial charge in [-0.3, -0.25) is 9.59 Å². The van der Waals surface area contributed by atoms with Crippen molar-refractivity contribution in [3.8, 4) is 5.75 Å². The Balaban J connectivity index is 1.62. The predicted octanol–water partition coefficient (Wildman–Crippen LogP) is 2.27. The van der Waals surface area contributed by atoms with Gasteiger partial charge in [0.15, 0.2) is 0 Å². The maximum absolute atomic E-state index is 12.6. The third-order valence-corrected chi connectivity index (χ3v) is 5.22. The summed E-state index contributed by atoms with van der Waals surface area (Å²) in [5, 5.41) is 12.5. The molecule has 5 nitrogen and oxygen atoms in total. The highest BCUT2D eigenvalue weighted by Gasteiger charge is 2.47. The lowest BCUT2D eigenvalue weighted by Gasteiger charge is -2.41. The molecular formula is C19H23NO4. The highest BCUT2D eigenvalue weighted by atomic mass is 16.5. The Labute approximate surface area is 141 Å². The van der Waals surface area contributed by atoms with Crippen molar-refractivity contribution >= 4 is 11.9 Å². The van der Waals surface area contributed by atoms with E-state index in [0.717, 1.165) is 24.2 Å². The molecule has 3 aliphatic rings. The minimum absolute atomic E-state index is 0.0162. The highest BCUT2D eigenvalue weighted by molar-refractivity contribution is 5.86. The van der Waals surface area contributed by atoms with Gasteiger partial charge < -0.3 is 15.2 Å². The van der Waals surface area contributed by atoms with Crippen LogP contribution in [0.1, 0.15) is 18.4 Å². The number of fused-ring (bicyclic) bond motifs is 2. The van der Waals surface area contributed by atoms with Gasteiger partial charge in [-0.15, -0.1) is 0 Å². The van der Waals surface area contributed by atoms with Gasteiger partial charge in [-0.2, -0.15) is 0 Å². The molecule has 5 heteroatoms. The lowest BCUT2D eigenvalue weighted by Crippen LogP contribution is -2.49. The van der Waals surface area contributed by atoms with E-state index in [0.29, 0.717) is 13.0 Å². The fourth-order valence-electron chi connectivity index (χ4n) is 4.04. The number of carboxylic acid groups (broad SMARTS) is 1. The molecule has 3 aliphatic carbocycles. The van der Waals surface area contributed by atoms with Gasteiger partial charge >= 0.3 is 5.97 Å². The summed E-state index contributed by atoms with van der Waals surface area (Å²) in [5.41, 5.74) is 1.03. The number of hydrogen-bond acceptors (Lipinski definition) is 3. The van der Waals surface area contributed by atoms with Crippen LogP contribution in [0, 0.1) is 23.7 Å². The first-order valence-corrected chi connectivity index (χ1v) is 8.42. The monoisotopic (exact) mass is 329 g/mol. The Morgan fingerprint density at radius 3 is 2.46 bits per heavy atom. The van der Waals surface area contributed by atoms with Crippen LogP contribution in [0.5, 0.6) is 5.75 Å². The summed E-state index contributed by atoms with van der Waals surface area (Å²) >= 11 is 0. The Hall–Kier alpha value is -2.30. The quantitative estimate of drug-likeness (QED) is 0.785. The molecule has 0 radical (unpaired) electrons. The molecule has 24 heavy (non-hydrogen) atoms. The minimum Gasteiger partial charge on any atom is -0.496 e. The van der Waals surface area contributed by atoms with Crippen LogP contribution >= 0.6 is 0 Å². The third-order valence-electron chi connectivity index (χ3n) is 5.22. The number of carbonyl (C=O) groups is 2. The van der Waals surface area contributed by atoms with Crippen molar-refractivity contribution in [2.45, 2.75) is 19.3 Å². The van der Waals surface area contributed by atoms with E-state index in [1.54, 1.807) is 7.11 Å². The normalized spacial score (nSPS) is 27.7. The zero-order chi connectivity index (χ0) is 17.1. The zero-order valence-electron chi connectivity index (χ0n) is 13.8. The summed E-state index contributed by atoms with van der Waals surface area (Å²) in [6.07, 6.45) is 6.42. The summed E-state index contributed by atoms with van der Waals surface area (Å²) in [7, 11) is 1.62. The molecule has 0 aliphatic heterocycles. The summed E-state index contributed by atoms with van der Waals surface area (Å²) in [6, 6.07) is 7.70. The average Bonchev–Trinajstić information content (AvgIpc) is 2.62. The number of benzene rings is 1. The molecule has 1 aromatic rings. The lowest BCUT2D eigenvalue weighted by atomic mass is 9.62. The van der Waals surface area contributed by atoms with Crippen LogP contribution < -0.4 is 10.1 Å². The lowest BCUT2D eigenvalue weighted by molar-refractivity contribution is -0.152. The van der Waals surface area contributed by atoms with Gasteiger partial charge in [0.05, 0.1) is 18.9 Å². The van der Waals surface area contributed by atoms with Crippen molar-refractivity contribution in [1.29, 1.82) is 0 Å². The number of allylic oxidation sites excluding steroid dienone is 2. The number of ether oxygens (including phenoxy) is 1. The molecule has 128 valence electrons. The molecule has 0 spiro atoms. The molecule has 4 rings (SSSR count). The van der Waals surface area contributed by atoms with E-state index in [1.807, 2.05) is 36.4 Å². The van der Waals surface area contributed by atoms with Gasteiger partial charge in [-0.05, 0) is 42.7 Å². The highest BCUT2D eigenvalue weighted by Crippen LogP contribution is 2.45. The van der Waals surface area contributed by atoms with Crippen molar-refractivity contribution in [3.05, 3.63) is 42.0 Å². The van der Waals surface area contributed by atoms with Crippen LogP contribution in [0.4, 0.5) is 0 Å². The Morgan fingerprint density at radius 1 is 1.17 bits per heavy atom. The van der Waals surface area contributed by atoms with Crippen LogP contribution in [0.15, 0.2) is 36.4 Å². The third kappa shape index (κ3) is 3.16. The second-order valence-electron chi connectivity index (χ2n) is 6.53. The molecular weight excluding hydrogens is 306 g/mol. The zero-order valence-corrected chi connectivity index (χ0v) is 13.8. The van der Waals surface area contributed by atoms with Gasteiger partial charge in [0.2, 0.25) is 5.91 Å². The fraction of sp³-hybridized carbons (Fsp3) is 0.474. The molecule has 1 saturated carbocycles. The first-order valence-electron chi connectivity index (χ1n) is 8.42. The molecule has 0 unspecified atom stereocenters. The van der Waals surface area contributed by atoms with E-state index < -0.39 is 17.8 Å². The Bertz CT molecular complexity index is 655. The molecule has 1 amide bonds. The second kappa shape index (κ2) is 7.07. The molecule has 0 heterocycles. The van der Waals surface area contributed by atoms with Gasteiger partial charge in [0.25, 0.3) is 0 Å². The molecule has 1 fully saturated rings. The Morgan fingerprint density at radius 2 is 1.83 bits per heavy atom.